The maximum atomic E-state index is 10.8. The maximum absolute atomic E-state index is 10.8. The summed E-state index contributed by atoms with van der Waals surface area (Å²) in [6, 6.07) is 2.11. The second-order valence-corrected chi connectivity index (χ2v) is 3.83. The second-order valence-electron chi connectivity index (χ2n) is 3.42. The molecule has 0 aliphatic carbocycles. The highest BCUT2D eigenvalue weighted by Gasteiger charge is 2.33. The van der Waals surface area contributed by atoms with E-state index >= 15 is 0 Å². The van der Waals surface area contributed by atoms with Crippen molar-refractivity contribution in [2.75, 3.05) is 5.32 Å². The van der Waals surface area contributed by atoms with E-state index in [4.69, 9.17) is 16.7 Å². The minimum absolute atomic E-state index is 0.0246. The molecule has 0 fully saturated rings. The number of rotatable bonds is 2. The van der Waals surface area contributed by atoms with Crippen molar-refractivity contribution in [3.05, 3.63) is 32.8 Å². The number of halogens is 1. The normalized spacial score (nSPS) is 17.7. The number of nitro benzene ring substituents is 1. The van der Waals surface area contributed by atoms with Crippen molar-refractivity contribution in [1.29, 1.82) is 0 Å². The number of fused-ring (bicyclic) bond motifs is 1. The largest absolute Gasteiger partial charge is 0.480 e. The average Bonchev–Trinajstić information content (AvgIpc) is 2.60. The number of benzene rings is 1. The summed E-state index contributed by atoms with van der Waals surface area (Å²) < 4.78 is 0. The van der Waals surface area contributed by atoms with Crippen molar-refractivity contribution in [3.8, 4) is 0 Å². The van der Waals surface area contributed by atoms with E-state index in [9.17, 15) is 14.9 Å². The standard InChI is InChI=1S/C9H7ClN2O4/c10-5-1-2-6-4(8(5)12(15)16)3-7(11-6)9(13)14/h1-2,7,11H,3H2,(H,13,14)/t7-/m0/s1. The molecule has 0 radical (unpaired) electrons. The van der Waals surface area contributed by atoms with Crippen LogP contribution in [0, 0.1) is 10.1 Å². The molecule has 1 aliphatic rings. The molecular weight excluding hydrogens is 236 g/mol. The van der Waals surface area contributed by atoms with E-state index in [1.807, 2.05) is 0 Å². The molecule has 0 unspecified atom stereocenters. The number of carboxylic acid groups (broad SMARTS) is 1. The van der Waals surface area contributed by atoms with Crippen LogP contribution in [0.4, 0.5) is 11.4 Å². The number of hydrogen-bond donors (Lipinski definition) is 2. The SMILES string of the molecule is O=C(O)[C@@H]1Cc2c(ccc(Cl)c2[N+](=O)[O-])N1. The lowest BCUT2D eigenvalue weighted by Crippen LogP contribution is -2.26. The van der Waals surface area contributed by atoms with Gasteiger partial charge in [0.1, 0.15) is 11.1 Å². The highest BCUT2D eigenvalue weighted by molar-refractivity contribution is 6.33. The quantitative estimate of drug-likeness (QED) is 0.608. The van der Waals surface area contributed by atoms with Crippen molar-refractivity contribution in [2.24, 2.45) is 0 Å². The molecular formula is C9H7ClN2O4. The molecule has 0 saturated carbocycles. The zero-order chi connectivity index (χ0) is 11.9. The molecule has 1 aromatic rings. The fourth-order valence-electron chi connectivity index (χ4n) is 1.74. The van der Waals surface area contributed by atoms with Crippen LogP contribution in [0.25, 0.3) is 0 Å². The molecule has 6 nitrogen and oxygen atoms in total. The van der Waals surface area contributed by atoms with Crippen LogP contribution in [-0.2, 0) is 11.2 Å². The first-order valence-electron chi connectivity index (χ1n) is 4.46. The third kappa shape index (κ3) is 1.57. The predicted molar refractivity (Wildman–Crippen MR) is 56.9 cm³/mol. The molecule has 2 rings (SSSR count). The topological polar surface area (TPSA) is 92.5 Å². The Balaban J connectivity index is 2.49. The molecule has 0 saturated heterocycles. The third-order valence-corrected chi connectivity index (χ3v) is 2.76. The van der Waals surface area contributed by atoms with Crippen LogP contribution in [-0.4, -0.2) is 22.0 Å². The molecule has 1 aliphatic heterocycles. The minimum atomic E-state index is -1.04. The number of anilines is 1. The van der Waals surface area contributed by atoms with E-state index in [2.05, 4.69) is 5.32 Å². The monoisotopic (exact) mass is 242 g/mol. The van der Waals surface area contributed by atoms with E-state index in [1.54, 1.807) is 6.07 Å². The number of nitro groups is 1. The first-order valence-corrected chi connectivity index (χ1v) is 4.83. The Kier molecular flexibility index (Phi) is 2.43. The molecule has 1 aromatic carbocycles. The average molecular weight is 243 g/mol. The number of aliphatic carboxylic acids is 1. The van der Waals surface area contributed by atoms with Gasteiger partial charge < -0.3 is 10.4 Å². The van der Waals surface area contributed by atoms with Crippen LogP contribution in [0.5, 0.6) is 0 Å². The summed E-state index contributed by atoms with van der Waals surface area (Å²) in [4.78, 5) is 21.0. The van der Waals surface area contributed by atoms with Gasteiger partial charge in [-0.3, -0.25) is 10.1 Å². The minimum Gasteiger partial charge on any atom is -0.480 e. The zero-order valence-electron chi connectivity index (χ0n) is 7.94. The molecule has 1 heterocycles. The third-order valence-electron chi connectivity index (χ3n) is 2.45. The van der Waals surface area contributed by atoms with Gasteiger partial charge >= 0.3 is 5.97 Å². The highest BCUT2D eigenvalue weighted by atomic mass is 35.5. The van der Waals surface area contributed by atoms with Crippen molar-refractivity contribution >= 4 is 28.9 Å². The van der Waals surface area contributed by atoms with E-state index in [0.29, 0.717) is 11.3 Å². The molecule has 0 amide bonds. The lowest BCUT2D eigenvalue weighted by Gasteiger charge is -2.03. The van der Waals surface area contributed by atoms with Gasteiger partial charge in [-0.25, -0.2) is 4.79 Å². The van der Waals surface area contributed by atoms with E-state index in [1.165, 1.54) is 6.07 Å². The number of nitrogens with zero attached hydrogens (tertiary/aromatic N) is 1. The van der Waals surface area contributed by atoms with Gasteiger partial charge in [-0.05, 0) is 12.1 Å². The molecule has 84 valence electrons. The van der Waals surface area contributed by atoms with Crippen LogP contribution < -0.4 is 5.32 Å². The zero-order valence-corrected chi connectivity index (χ0v) is 8.69. The second kappa shape index (κ2) is 3.64. The summed E-state index contributed by atoms with van der Waals surface area (Å²) in [7, 11) is 0. The van der Waals surface area contributed by atoms with Gasteiger partial charge in [-0.15, -0.1) is 0 Å². The number of carboxylic acids is 1. The van der Waals surface area contributed by atoms with Crippen LogP contribution in [0.3, 0.4) is 0 Å². The first-order chi connectivity index (χ1) is 7.50. The lowest BCUT2D eigenvalue weighted by atomic mass is 10.1. The van der Waals surface area contributed by atoms with Gasteiger partial charge in [0.15, 0.2) is 0 Å². The highest BCUT2D eigenvalue weighted by Crippen LogP contribution is 2.38. The Morgan fingerprint density at radius 1 is 1.62 bits per heavy atom. The Morgan fingerprint density at radius 2 is 2.31 bits per heavy atom. The molecule has 0 aromatic heterocycles. The van der Waals surface area contributed by atoms with Crippen molar-refractivity contribution in [1.82, 2.24) is 0 Å². The van der Waals surface area contributed by atoms with E-state index in [0.717, 1.165) is 0 Å². The van der Waals surface area contributed by atoms with Crippen LogP contribution in [0.2, 0.25) is 5.02 Å². The van der Waals surface area contributed by atoms with Crippen molar-refractivity contribution in [2.45, 2.75) is 12.5 Å². The van der Waals surface area contributed by atoms with Crippen LogP contribution in [0.15, 0.2) is 12.1 Å². The Labute approximate surface area is 95.0 Å². The molecule has 16 heavy (non-hydrogen) atoms. The molecule has 0 bridgehead atoms. The van der Waals surface area contributed by atoms with E-state index in [-0.39, 0.29) is 17.1 Å². The van der Waals surface area contributed by atoms with Gasteiger partial charge in [0.25, 0.3) is 5.69 Å². The Bertz CT molecular complexity index is 489. The van der Waals surface area contributed by atoms with Gasteiger partial charge in [0, 0.05) is 12.1 Å². The predicted octanol–water partition coefficient (Wildman–Crippen LogP) is 1.67. The van der Waals surface area contributed by atoms with Gasteiger partial charge in [-0.2, -0.15) is 0 Å². The number of nitrogens with one attached hydrogen (secondary N) is 1. The lowest BCUT2D eigenvalue weighted by molar-refractivity contribution is -0.385. The summed E-state index contributed by atoms with van der Waals surface area (Å²) in [6.07, 6.45) is 0.0710. The smallest absolute Gasteiger partial charge is 0.326 e. The molecule has 0 spiro atoms. The van der Waals surface area contributed by atoms with E-state index < -0.39 is 16.9 Å². The first kappa shape index (κ1) is 10.7. The molecule has 2 N–H and O–H groups in total. The maximum Gasteiger partial charge on any atom is 0.326 e. The van der Waals surface area contributed by atoms with Crippen molar-refractivity contribution < 1.29 is 14.8 Å². The van der Waals surface area contributed by atoms with Crippen LogP contribution in [0.1, 0.15) is 5.56 Å². The van der Waals surface area contributed by atoms with Crippen molar-refractivity contribution in [3.63, 3.8) is 0 Å². The molecule has 1 atom stereocenters. The van der Waals surface area contributed by atoms with Gasteiger partial charge in [-0.1, -0.05) is 11.6 Å². The number of hydrogen-bond acceptors (Lipinski definition) is 4. The van der Waals surface area contributed by atoms with Gasteiger partial charge in [0.05, 0.1) is 10.5 Å². The molecule has 7 heteroatoms. The Morgan fingerprint density at radius 3 is 2.88 bits per heavy atom. The van der Waals surface area contributed by atoms with Crippen LogP contribution >= 0.6 is 11.6 Å². The summed E-state index contributed by atoms with van der Waals surface area (Å²) in [6.45, 7) is 0. The summed E-state index contributed by atoms with van der Waals surface area (Å²) in [5.41, 5.74) is 0.601. The summed E-state index contributed by atoms with van der Waals surface area (Å²) in [5.74, 6) is -1.04. The summed E-state index contributed by atoms with van der Waals surface area (Å²) in [5, 5.41) is 22.3. The van der Waals surface area contributed by atoms with Gasteiger partial charge in [0.2, 0.25) is 0 Å². The number of carbonyl (C=O) groups is 1. The fourth-order valence-corrected chi connectivity index (χ4v) is 1.98. The summed E-state index contributed by atoms with van der Waals surface area (Å²) >= 11 is 5.71. The fraction of sp³-hybridized carbons (Fsp3) is 0.222. The Hall–Kier alpha value is -1.82.